The van der Waals surface area contributed by atoms with Crippen LogP contribution in [0.5, 0.6) is 11.5 Å². The molecule has 0 heterocycles. The molecule has 2 rings (SSSR count). The highest BCUT2D eigenvalue weighted by Gasteiger charge is 2.14. The van der Waals surface area contributed by atoms with Crippen molar-refractivity contribution in [2.45, 2.75) is 19.8 Å². The van der Waals surface area contributed by atoms with E-state index in [9.17, 15) is 14.4 Å². The fourth-order valence-corrected chi connectivity index (χ4v) is 2.47. The highest BCUT2D eigenvalue weighted by Crippen LogP contribution is 2.30. The lowest BCUT2D eigenvalue weighted by atomic mass is 10.2. The Balaban J connectivity index is 2.36. The predicted molar refractivity (Wildman–Crippen MR) is 120 cm³/mol. The number of carbonyl (C=O) groups excluding carboxylic acids is 3. The summed E-state index contributed by atoms with van der Waals surface area (Å²) >= 11 is 0. The normalized spacial score (nSPS) is 10.4. The Bertz CT molecular complexity index is 1080. The minimum Gasteiger partial charge on any atom is -0.457 e. The first-order chi connectivity index (χ1) is 15.9. The van der Waals surface area contributed by atoms with Crippen molar-refractivity contribution in [3.63, 3.8) is 0 Å². The second-order valence-corrected chi connectivity index (χ2v) is 6.42. The molecule has 172 valence electrons. The number of nitrogens with zero attached hydrogens (tertiary/aromatic N) is 2. The first-order valence-corrected chi connectivity index (χ1v) is 9.79. The van der Waals surface area contributed by atoms with E-state index in [0.29, 0.717) is 34.9 Å². The number of rotatable bonds is 6. The lowest BCUT2D eigenvalue weighted by Crippen LogP contribution is -2.36. The van der Waals surface area contributed by atoms with Crippen molar-refractivity contribution < 1.29 is 28.6 Å². The zero-order valence-electron chi connectivity index (χ0n) is 18.3. The third-order valence-corrected chi connectivity index (χ3v) is 4.00. The molecule has 3 N–H and O–H groups in total. The topological polar surface area (TPSA) is 151 Å². The number of carbonyl (C=O) groups is 3. The van der Waals surface area contributed by atoms with Gasteiger partial charge in [0.2, 0.25) is 11.9 Å². The van der Waals surface area contributed by atoms with Crippen LogP contribution in [0.3, 0.4) is 0 Å². The van der Waals surface area contributed by atoms with E-state index in [1.54, 1.807) is 42.5 Å². The van der Waals surface area contributed by atoms with E-state index in [2.05, 4.69) is 30.4 Å². The largest absolute Gasteiger partial charge is 0.457 e. The quantitative estimate of drug-likeness (QED) is 0.439. The van der Waals surface area contributed by atoms with Gasteiger partial charge in [-0.1, -0.05) is 6.92 Å². The number of alkyl carbamates (subject to hydrolysis) is 1. The summed E-state index contributed by atoms with van der Waals surface area (Å²) in [6, 6.07) is 13.3. The van der Waals surface area contributed by atoms with E-state index >= 15 is 0 Å². The van der Waals surface area contributed by atoms with Crippen LogP contribution in [-0.2, 0) is 14.3 Å². The van der Waals surface area contributed by atoms with Crippen molar-refractivity contribution in [2.75, 3.05) is 24.9 Å². The monoisotopic (exact) mass is 453 g/mol. The zero-order chi connectivity index (χ0) is 24.2. The first-order valence-electron chi connectivity index (χ1n) is 9.79. The van der Waals surface area contributed by atoms with Gasteiger partial charge in [-0.3, -0.25) is 10.1 Å². The van der Waals surface area contributed by atoms with Crippen LogP contribution in [0.1, 0.15) is 25.3 Å². The van der Waals surface area contributed by atoms with Gasteiger partial charge in [-0.05, 0) is 42.8 Å². The van der Waals surface area contributed by atoms with Crippen LogP contribution in [0.25, 0.3) is 0 Å². The maximum Gasteiger partial charge on any atom is 0.436 e. The molecular weight excluding hydrogens is 430 g/mol. The highest BCUT2D eigenvalue weighted by atomic mass is 16.5. The van der Waals surface area contributed by atoms with Gasteiger partial charge in [0.25, 0.3) is 0 Å². The Morgan fingerprint density at radius 1 is 0.970 bits per heavy atom. The number of guanidine groups is 1. The number of anilines is 2. The molecule has 0 bridgehead atoms. The van der Waals surface area contributed by atoms with Crippen molar-refractivity contribution >= 4 is 35.4 Å². The van der Waals surface area contributed by atoms with Crippen LogP contribution in [0, 0.1) is 11.3 Å². The first kappa shape index (κ1) is 24.7. The van der Waals surface area contributed by atoms with Crippen LogP contribution in [-0.4, -0.2) is 38.3 Å². The minimum atomic E-state index is -0.966. The fourth-order valence-electron chi connectivity index (χ4n) is 2.47. The summed E-state index contributed by atoms with van der Waals surface area (Å²) < 4.78 is 14.8. The van der Waals surface area contributed by atoms with E-state index in [1.807, 2.05) is 13.0 Å². The number of hydrogen-bond acceptors (Lipinski definition) is 7. The van der Waals surface area contributed by atoms with Gasteiger partial charge < -0.3 is 24.8 Å². The Kier molecular flexibility index (Phi) is 9.20. The standard InChI is InChI=1S/C22H23N5O6/c1-4-5-19(28)24-18-12-16(33-15-8-6-14(13-23)7-9-15)10-11-17(18)25-20(26-21(29)31-2)27-22(30)32-3/h6-12H,4-5H2,1-3H3,(H,24,28)(H2,25,26,27,29,30). The average molecular weight is 453 g/mol. The molecule has 0 saturated heterocycles. The summed E-state index contributed by atoms with van der Waals surface area (Å²) in [5.74, 6) is 0.356. The Hall–Kier alpha value is -4.59. The number of methoxy groups -OCH3 is 2. The van der Waals surface area contributed by atoms with Crippen LogP contribution in [0.15, 0.2) is 47.5 Å². The second-order valence-electron chi connectivity index (χ2n) is 6.42. The Morgan fingerprint density at radius 2 is 1.67 bits per heavy atom. The van der Waals surface area contributed by atoms with Crippen LogP contribution >= 0.6 is 0 Å². The van der Waals surface area contributed by atoms with Crippen LogP contribution < -0.4 is 20.7 Å². The van der Waals surface area contributed by atoms with Crippen molar-refractivity contribution in [2.24, 2.45) is 4.99 Å². The molecular formula is C22H23N5O6. The van der Waals surface area contributed by atoms with E-state index in [4.69, 9.17) is 10.00 Å². The smallest absolute Gasteiger partial charge is 0.436 e. The summed E-state index contributed by atoms with van der Waals surface area (Å²) in [5.41, 5.74) is 1.11. The fraction of sp³-hybridized carbons (Fsp3) is 0.227. The van der Waals surface area contributed by atoms with Crippen molar-refractivity contribution in [3.8, 4) is 17.6 Å². The summed E-state index contributed by atoms with van der Waals surface area (Å²) in [7, 11) is 2.28. The summed E-state index contributed by atoms with van der Waals surface area (Å²) in [6.45, 7) is 1.87. The highest BCUT2D eigenvalue weighted by molar-refractivity contribution is 6.08. The number of hydrogen-bond donors (Lipinski definition) is 3. The van der Waals surface area contributed by atoms with Gasteiger partial charge in [-0.15, -0.1) is 4.99 Å². The summed E-state index contributed by atoms with van der Waals surface area (Å²) in [6.07, 6.45) is -0.924. The van der Waals surface area contributed by atoms with E-state index in [-0.39, 0.29) is 18.3 Å². The maximum atomic E-state index is 12.2. The molecule has 0 aliphatic carbocycles. The molecule has 0 unspecified atom stereocenters. The Labute approximate surface area is 190 Å². The molecule has 3 amide bonds. The summed E-state index contributed by atoms with van der Waals surface area (Å²) in [4.78, 5) is 39.0. The van der Waals surface area contributed by atoms with Gasteiger partial charge in [-0.25, -0.2) is 9.59 Å². The lowest BCUT2D eigenvalue weighted by Gasteiger charge is -2.16. The number of aliphatic imine (C=N–C) groups is 1. The molecule has 0 saturated carbocycles. The molecule has 0 atom stereocenters. The third-order valence-electron chi connectivity index (χ3n) is 4.00. The molecule has 33 heavy (non-hydrogen) atoms. The third kappa shape index (κ3) is 7.87. The Morgan fingerprint density at radius 3 is 2.27 bits per heavy atom. The van der Waals surface area contributed by atoms with Gasteiger partial charge in [0.15, 0.2) is 0 Å². The molecule has 11 heteroatoms. The van der Waals surface area contributed by atoms with E-state index < -0.39 is 12.2 Å². The molecule has 0 spiro atoms. The number of nitrogens with one attached hydrogen (secondary N) is 3. The molecule has 2 aromatic rings. The molecule has 0 radical (unpaired) electrons. The molecule has 0 fully saturated rings. The number of amides is 3. The number of nitriles is 1. The SMILES string of the molecule is CCCC(=O)Nc1cc(Oc2ccc(C#N)cc2)ccc1NC(=NC(=O)OC)NC(=O)OC. The van der Waals surface area contributed by atoms with Crippen LogP contribution in [0.4, 0.5) is 21.0 Å². The zero-order valence-corrected chi connectivity index (χ0v) is 18.3. The number of benzene rings is 2. The van der Waals surface area contributed by atoms with Gasteiger partial charge in [0, 0.05) is 12.5 Å². The van der Waals surface area contributed by atoms with Crippen molar-refractivity contribution in [1.29, 1.82) is 5.26 Å². The maximum absolute atomic E-state index is 12.2. The molecule has 11 nitrogen and oxygen atoms in total. The van der Waals surface area contributed by atoms with Gasteiger partial charge in [-0.2, -0.15) is 5.26 Å². The predicted octanol–water partition coefficient (Wildman–Crippen LogP) is 3.98. The van der Waals surface area contributed by atoms with E-state index in [1.165, 1.54) is 0 Å². The van der Waals surface area contributed by atoms with Crippen LogP contribution in [0.2, 0.25) is 0 Å². The van der Waals surface area contributed by atoms with Gasteiger partial charge in [0.05, 0.1) is 37.2 Å². The molecule has 2 aromatic carbocycles. The lowest BCUT2D eigenvalue weighted by molar-refractivity contribution is -0.116. The average Bonchev–Trinajstić information content (AvgIpc) is 2.81. The molecule has 0 aliphatic rings. The van der Waals surface area contributed by atoms with Crippen molar-refractivity contribution in [3.05, 3.63) is 48.0 Å². The molecule has 0 aliphatic heterocycles. The summed E-state index contributed by atoms with van der Waals surface area (Å²) in [5, 5.41) is 16.7. The minimum absolute atomic E-state index is 0.247. The second kappa shape index (κ2) is 12.3. The van der Waals surface area contributed by atoms with E-state index in [0.717, 1.165) is 14.2 Å². The van der Waals surface area contributed by atoms with Gasteiger partial charge in [0.1, 0.15) is 11.5 Å². The van der Waals surface area contributed by atoms with Crippen molar-refractivity contribution in [1.82, 2.24) is 5.32 Å². The number of ether oxygens (including phenoxy) is 3. The van der Waals surface area contributed by atoms with Gasteiger partial charge >= 0.3 is 12.2 Å². The molecule has 0 aromatic heterocycles.